The summed E-state index contributed by atoms with van der Waals surface area (Å²) >= 11 is 0. The second-order valence-electron chi connectivity index (χ2n) is 6.51. The molecule has 1 saturated heterocycles. The number of piperazine rings is 1. The van der Waals surface area contributed by atoms with Crippen LogP contribution in [0, 0.1) is 0 Å². The Balaban J connectivity index is 2.20. The van der Waals surface area contributed by atoms with E-state index in [0.717, 1.165) is 19.6 Å². The van der Waals surface area contributed by atoms with Gasteiger partial charge >= 0.3 is 0 Å². The zero-order valence-corrected chi connectivity index (χ0v) is 13.0. The van der Waals surface area contributed by atoms with Gasteiger partial charge in [-0.1, -0.05) is 13.8 Å². The lowest BCUT2D eigenvalue weighted by molar-refractivity contribution is 0.00137. The topological polar surface area (TPSA) is 33.1 Å². The normalized spacial score (nSPS) is 22.6. The number of hydrogen-bond donors (Lipinski definition) is 1. The largest absolute Gasteiger partial charge is 0.309 e. The molecule has 1 aromatic heterocycles. The molecule has 4 nitrogen and oxygen atoms in total. The van der Waals surface area contributed by atoms with E-state index in [-0.39, 0.29) is 11.1 Å². The van der Waals surface area contributed by atoms with E-state index in [0.29, 0.717) is 0 Å². The highest BCUT2D eigenvalue weighted by molar-refractivity contribution is 5.06. The van der Waals surface area contributed by atoms with Gasteiger partial charge in [0.05, 0.1) is 5.69 Å². The zero-order chi connectivity index (χ0) is 14.1. The van der Waals surface area contributed by atoms with Gasteiger partial charge in [0, 0.05) is 44.0 Å². The van der Waals surface area contributed by atoms with Crippen LogP contribution < -0.4 is 5.32 Å². The smallest absolute Gasteiger partial charge is 0.0764 e. The highest BCUT2D eigenvalue weighted by atomic mass is 15.3. The molecule has 0 unspecified atom stereocenters. The summed E-state index contributed by atoms with van der Waals surface area (Å²) in [6, 6.07) is 2.13. The van der Waals surface area contributed by atoms with E-state index in [1.54, 1.807) is 0 Å². The van der Waals surface area contributed by atoms with Crippen LogP contribution in [-0.4, -0.2) is 38.8 Å². The minimum Gasteiger partial charge on any atom is -0.309 e. The Kier molecular flexibility index (Phi) is 4.02. The molecule has 0 aromatic carbocycles. The van der Waals surface area contributed by atoms with Crippen molar-refractivity contribution in [1.29, 1.82) is 0 Å². The Morgan fingerprint density at radius 2 is 2.00 bits per heavy atom. The average Bonchev–Trinajstić information content (AvgIpc) is 2.75. The van der Waals surface area contributed by atoms with Gasteiger partial charge in [0.1, 0.15) is 0 Å². The number of rotatable bonds is 4. The van der Waals surface area contributed by atoms with Crippen molar-refractivity contribution in [2.45, 2.75) is 58.2 Å². The Morgan fingerprint density at radius 1 is 1.32 bits per heavy atom. The van der Waals surface area contributed by atoms with Gasteiger partial charge in [-0.2, -0.15) is 5.10 Å². The fourth-order valence-electron chi connectivity index (χ4n) is 3.13. The molecule has 1 aliphatic rings. The summed E-state index contributed by atoms with van der Waals surface area (Å²) in [5, 5.41) is 8.25. The molecule has 1 fully saturated rings. The third-order valence-corrected chi connectivity index (χ3v) is 4.59. The summed E-state index contributed by atoms with van der Waals surface area (Å²) in [6.07, 6.45) is 4.39. The van der Waals surface area contributed by atoms with Crippen molar-refractivity contribution >= 4 is 0 Å². The number of nitrogens with one attached hydrogen (secondary N) is 1. The van der Waals surface area contributed by atoms with Crippen molar-refractivity contribution < 1.29 is 0 Å². The molecule has 0 amide bonds. The van der Waals surface area contributed by atoms with Crippen molar-refractivity contribution in [3.63, 3.8) is 0 Å². The van der Waals surface area contributed by atoms with E-state index in [9.17, 15) is 0 Å². The first kappa shape index (κ1) is 14.5. The lowest BCUT2D eigenvalue weighted by atomic mass is 9.84. The Hall–Kier alpha value is -0.870. The Bertz CT molecular complexity index is 418. The Labute approximate surface area is 117 Å². The van der Waals surface area contributed by atoms with E-state index in [4.69, 9.17) is 0 Å². The van der Waals surface area contributed by atoms with Gasteiger partial charge in [0.25, 0.3) is 0 Å². The second-order valence-corrected chi connectivity index (χ2v) is 6.51. The maximum absolute atomic E-state index is 4.54. The van der Waals surface area contributed by atoms with Gasteiger partial charge in [-0.25, -0.2) is 0 Å². The molecule has 0 radical (unpaired) electrons. The quantitative estimate of drug-likeness (QED) is 0.904. The first-order chi connectivity index (χ1) is 8.91. The molecule has 0 saturated carbocycles. The van der Waals surface area contributed by atoms with Crippen LogP contribution in [-0.2, 0) is 13.6 Å². The summed E-state index contributed by atoms with van der Waals surface area (Å²) in [7, 11) is 1.98. The van der Waals surface area contributed by atoms with E-state index >= 15 is 0 Å². The van der Waals surface area contributed by atoms with Crippen LogP contribution in [0.3, 0.4) is 0 Å². The van der Waals surface area contributed by atoms with Crippen LogP contribution in [0.1, 0.15) is 46.2 Å². The summed E-state index contributed by atoms with van der Waals surface area (Å²) in [6.45, 7) is 12.3. The third-order valence-electron chi connectivity index (χ3n) is 4.59. The first-order valence-corrected chi connectivity index (χ1v) is 7.39. The molecule has 1 aromatic rings. The first-order valence-electron chi connectivity index (χ1n) is 7.39. The summed E-state index contributed by atoms with van der Waals surface area (Å²) in [4.78, 5) is 2.63. The van der Waals surface area contributed by atoms with E-state index in [1.165, 1.54) is 18.5 Å². The lowest BCUT2D eigenvalue weighted by Crippen LogP contribution is -2.67. The molecule has 0 atom stereocenters. The predicted molar refractivity (Wildman–Crippen MR) is 79.0 cm³/mol. The molecule has 1 aliphatic heterocycles. The third kappa shape index (κ3) is 3.00. The van der Waals surface area contributed by atoms with Crippen LogP contribution in [0.15, 0.2) is 12.3 Å². The maximum Gasteiger partial charge on any atom is 0.0764 e. The minimum atomic E-state index is 0.183. The summed E-state index contributed by atoms with van der Waals surface area (Å²) in [5.74, 6) is 0. The number of nitrogens with zero attached hydrogens (tertiary/aromatic N) is 3. The maximum atomic E-state index is 4.54. The molecular formula is C15H28N4. The van der Waals surface area contributed by atoms with Crippen molar-refractivity contribution in [3.8, 4) is 0 Å². The van der Waals surface area contributed by atoms with Crippen molar-refractivity contribution in [2.24, 2.45) is 7.05 Å². The summed E-state index contributed by atoms with van der Waals surface area (Å²) in [5.41, 5.74) is 1.63. The molecule has 2 rings (SSSR count). The highest BCUT2D eigenvalue weighted by Gasteiger charge is 2.41. The van der Waals surface area contributed by atoms with E-state index < -0.39 is 0 Å². The van der Waals surface area contributed by atoms with Gasteiger partial charge in [-0.05, 0) is 32.8 Å². The minimum absolute atomic E-state index is 0.183. The second kappa shape index (κ2) is 5.25. The van der Waals surface area contributed by atoms with E-state index in [1.807, 2.05) is 17.9 Å². The van der Waals surface area contributed by atoms with Gasteiger partial charge in [0.15, 0.2) is 0 Å². The van der Waals surface area contributed by atoms with Crippen LogP contribution >= 0.6 is 0 Å². The SMILES string of the molecule is CCC1(CC)CNC(C)(C)CN1Cc1ccn(C)n1. The fourth-order valence-corrected chi connectivity index (χ4v) is 3.13. The predicted octanol–water partition coefficient (Wildman–Crippen LogP) is 2.16. The fraction of sp³-hybridized carbons (Fsp3) is 0.800. The molecular weight excluding hydrogens is 236 g/mol. The number of aromatic nitrogens is 2. The van der Waals surface area contributed by atoms with Gasteiger partial charge in [-0.3, -0.25) is 9.58 Å². The van der Waals surface area contributed by atoms with E-state index in [2.05, 4.69) is 49.1 Å². The van der Waals surface area contributed by atoms with Crippen molar-refractivity contribution in [1.82, 2.24) is 20.0 Å². The standard InChI is InChI=1S/C15H28N4/c1-6-15(7-2)11-16-14(3,4)12-19(15)10-13-8-9-18(5)17-13/h8-9,16H,6-7,10-12H2,1-5H3. The molecule has 0 bridgehead atoms. The molecule has 0 aliphatic carbocycles. The number of hydrogen-bond acceptors (Lipinski definition) is 3. The van der Waals surface area contributed by atoms with Crippen LogP contribution in [0.25, 0.3) is 0 Å². The van der Waals surface area contributed by atoms with Crippen LogP contribution in [0.2, 0.25) is 0 Å². The molecule has 0 spiro atoms. The van der Waals surface area contributed by atoms with Crippen LogP contribution in [0.5, 0.6) is 0 Å². The summed E-state index contributed by atoms with van der Waals surface area (Å²) < 4.78 is 1.89. The zero-order valence-electron chi connectivity index (χ0n) is 13.0. The molecule has 4 heteroatoms. The van der Waals surface area contributed by atoms with Gasteiger partial charge < -0.3 is 5.32 Å². The van der Waals surface area contributed by atoms with Crippen molar-refractivity contribution in [3.05, 3.63) is 18.0 Å². The van der Waals surface area contributed by atoms with Gasteiger partial charge in [0.2, 0.25) is 0 Å². The monoisotopic (exact) mass is 264 g/mol. The van der Waals surface area contributed by atoms with Crippen LogP contribution in [0.4, 0.5) is 0 Å². The molecule has 108 valence electrons. The molecule has 19 heavy (non-hydrogen) atoms. The van der Waals surface area contributed by atoms with Crippen molar-refractivity contribution in [2.75, 3.05) is 13.1 Å². The lowest BCUT2D eigenvalue weighted by Gasteiger charge is -2.52. The molecule has 2 heterocycles. The number of aryl methyl sites for hydroxylation is 1. The highest BCUT2D eigenvalue weighted by Crippen LogP contribution is 2.31. The molecule has 1 N–H and O–H groups in total. The van der Waals surface area contributed by atoms with Gasteiger partial charge in [-0.15, -0.1) is 0 Å². The Morgan fingerprint density at radius 3 is 2.53 bits per heavy atom. The average molecular weight is 264 g/mol.